The molecule has 0 aromatic heterocycles. The van der Waals surface area contributed by atoms with Crippen molar-refractivity contribution in [3.8, 4) is 5.75 Å². The number of aliphatic hydroxyl groups excluding tert-OH is 1. The lowest BCUT2D eigenvalue weighted by atomic mass is 10.1. The zero-order valence-electron chi connectivity index (χ0n) is 9.87. The first-order valence-corrected chi connectivity index (χ1v) is 5.35. The van der Waals surface area contributed by atoms with E-state index in [0.717, 1.165) is 0 Å². The van der Waals surface area contributed by atoms with Gasteiger partial charge in [0.15, 0.2) is 0 Å². The topological polar surface area (TPSA) is 58.6 Å². The van der Waals surface area contributed by atoms with Gasteiger partial charge in [-0.05, 0) is 19.1 Å². The highest BCUT2D eigenvalue weighted by Crippen LogP contribution is 2.26. The zero-order chi connectivity index (χ0) is 12.8. The Hall–Kier alpha value is -1.62. The van der Waals surface area contributed by atoms with E-state index in [9.17, 15) is 14.3 Å². The van der Waals surface area contributed by atoms with Crippen LogP contribution in [0.15, 0.2) is 18.2 Å². The smallest absolute Gasteiger partial charge is 0.223 e. The molecule has 0 aliphatic rings. The van der Waals surface area contributed by atoms with Crippen LogP contribution in [0.3, 0.4) is 0 Å². The van der Waals surface area contributed by atoms with Gasteiger partial charge in [-0.1, -0.05) is 0 Å². The summed E-state index contributed by atoms with van der Waals surface area (Å²) in [6.45, 7) is 1.71. The van der Waals surface area contributed by atoms with E-state index < -0.39 is 11.9 Å². The van der Waals surface area contributed by atoms with E-state index in [-0.39, 0.29) is 24.7 Å². The minimum atomic E-state index is -0.745. The fourth-order valence-corrected chi connectivity index (χ4v) is 1.36. The molecule has 94 valence electrons. The van der Waals surface area contributed by atoms with Gasteiger partial charge in [-0.2, -0.15) is 0 Å². The Labute approximate surface area is 99.4 Å². The first kappa shape index (κ1) is 13.4. The largest absolute Gasteiger partial charge is 0.493 e. The Balaban J connectivity index is 2.68. The maximum absolute atomic E-state index is 13.0. The Morgan fingerprint density at radius 1 is 1.59 bits per heavy atom. The number of aliphatic hydroxyl groups is 1. The summed E-state index contributed by atoms with van der Waals surface area (Å²) >= 11 is 0. The van der Waals surface area contributed by atoms with Crippen molar-refractivity contribution in [2.24, 2.45) is 0 Å². The van der Waals surface area contributed by atoms with E-state index in [1.54, 1.807) is 6.92 Å². The number of carbonyl (C=O) groups is 1. The molecule has 4 nitrogen and oxygen atoms in total. The summed E-state index contributed by atoms with van der Waals surface area (Å²) in [7, 11) is 1.53. The fourth-order valence-electron chi connectivity index (χ4n) is 1.36. The summed E-state index contributed by atoms with van der Waals surface area (Å²) in [6.07, 6.45) is -0.558. The SMILES string of the molecule is CNC(=O)CCOc1cc(F)ccc1[C@@H](C)O. The molecule has 5 heteroatoms. The summed E-state index contributed by atoms with van der Waals surface area (Å²) in [5.74, 6) is -0.326. The van der Waals surface area contributed by atoms with Crippen LogP contribution in [0.1, 0.15) is 25.0 Å². The van der Waals surface area contributed by atoms with Crippen molar-refractivity contribution in [3.63, 3.8) is 0 Å². The lowest BCUT2D eigenvalue weighted by Crippen LogP contribution is -2.20. The average molecular weight is 241 g/mol. The van der Waals surface area contributed by atoms with E-state index in [4.69, 9.17) is 4.74 Å². The van der Waals surface area contributed by atoms with Gasteiger partial charge in [-0.15, -0.1) is 0 Å². The molecule has 1 atom stereocenters. The number of hydrogen-bond acceptors (Lipinski definition) is 3. The number of nitrogens with one attached hydrogen (secondary N) is 1. The second-order valence-electron chi connectivity index (χ2n) is 3.63. The Kier molecular flexibility index (Phi) is 4.90. The molecule has 1 rings (SSSR count). The highest BCUT2D eigenvalue weighted by Gasteiger charge is 2.10. The van der Waals surface area contributed by atoms with E-state index in [1.807, 2.05) is 0 Å². The minimum Gasteiger partial charge on any atom is -0.493 e. The van der Waals surface area contributed by atoms with Gasteiger partial charge in [-0.25, -0.2) is 4.39 Å². The fraction of sp³-hybridized carbons (Fsp3) is 0.417. The van der Waals surface area contributed by atoms with Crippen molar-refractivity contribution >= 4 is 5.91 Å². The lowest BCUT2D eigenvalue weighted by Gasteiger charge is -2.13. The van der Waals surface area contributed by atoms with E-state index >= 15 is 0 Å². The van der Waals surface area contributed by atoms with Crippen LogP contribution in [0.25, 0.3) is 0 Å². The van der Waals surface area contributed by atoms with Crippen LogP contribution in [-0.2, 0) is 4.79 Å². The molecule has 0 saturated heterocycles. The third kappa shape index (κ3) is 4.03. The Morgan fingerprint density at radius 3 is 2.88 bits per heavy atom. The first-order chi connectivity index (χ1) is 8.04. The van der Waals surface area contributed by atoms with Crippen LogP contribution in [0.2, 0.25) is 0 Å². The maximum atomic E-state index is 13.0. The standard InChI is InChI=1S/C12H16FNO3/c1-8(15)10-4-3-9(13)7-11(10)17-6-5-12(16)14-2/h3-4,7-8,15H,5-6H2,1-2H3,(H,14,16)/t8-/m1/s1. The van der Waals surface area contributed by atoms with Crippen molar-refractivity contribution in [1.29, 1.82) is 0 Å². The summed E-state index contributed by atoms with van der Waals surface area (Å²) in [5.41, 5.74) is 0.503. The Bertz CT molecular complexity index is 393. The van der Waals surface area contributed by atoms with Crippen molar-refractivity contribution in [2.45, 2.75) is 19.4 Å². The summed E-state index contributed by atoms with van der Waals surface area (Å²) in [5, 5.41) is 11.9. The molecule has 0 saturated carbocycles. The van der Waals surface area contributed by atoms with E-state index in [1.165, 1.54) is 25.2 Å². The Morgan fingerprint density at radius 2 is 2.29 bits per heavy atom. The first-order valence-electron chi connectivity index (χ1n) is 5.35. The van der Waals surface area contributed by atoms with Crippen LogP contribution in [0, 0.1) is 5.82 Å². The number of carbonyl (C=O) groups excluding carboxylic acids is 1. The number of rotatable bonds is 5. The van der Waals surface area contributed by atoms with Crippen LogP contribution in [-0.4, -0.2) is 24.7 Å². The molecule has 2 N–H and O–H groups in total. The van der Waals surface area contributed by atoms with Crippen molar-refractivity contribution in [2.75, 3.05) is 13.7 Å². The predicted molar refractivity (Wildman–Crippen MR) is 61.2 cm³/mol. The van der Waals surface area contributed by atoms with Gasteiger partial charge in [0.1, 0.15) is 11.6 Å². The molecule has 0 bridgehead atoms. The van der Waals surface area contributed by atoms with Crippen LogP contribution in [0.4, 0.5) is 4.39 Å². The third-order valence-corrected chi connectivity index (χ3v) is 2.29. The second-order valence-corrected chi connectivity index (χ2v) is 3.63. The maximum Gasteiger partial charge on any atom is 0.223 e. The predicted octanol–water partition coefficient (Wildman–Crippen LogP) is 1.39. The van der Waals surface area contributed by atoms with Gasteiger partial charge in [-0.3, -0.25) is 4.79 Å². The number of ether oxygens (including phenoxy) is 1. The monoisotopic (exact) mass is 241 g/mol. The van der Waals surface area contributed by atoms with E-state index in [0.29, 0.717) is 5.56 Å². The minimum absolute atomic E-state index is 0.142. The number of hydrogen-bond donors (Lipinski definition) is 2. The molecule has 1 amide bonds. The van der Waals surface area contributed by atoms with Gasteiger partial charge < -0.3 is 15.2 Å². The normalized spacial score (nSPS) is 12.0. The molecular formula is C12H16FNO3. The molecule has 1 aromatic carbocycles. The van der Waals surface area contributed by atoms with Crippen molar-refractivity contribution < 1.29 is 19.0 Å². The van der Waals surface area contributed by atoms with Gasteiger partial charge in [0.05, 0.1) is 19.1 Å². The molecular weight excluding hydrogens is 225 g/mol. The number of benzene rings is 1. The average Bonchev–Trinajstić information content (AvgIpc) is 2.28. The third-order valence-electron chi connectivity index (χ3n) is 2.29. The highest BCUT2D eigenvalue weighted by molar-refractivity contribution is 5.75. The molecule has 0 radical (unpaired) electrons. The number of amides is 1. The molecule has 0 fully saturated rings. The van der Waals surface area contributed by atoms with Gasteiger partial charge in [0, 0.05) is 18.7 Å². The van der Waals surface area contributed by atoms with Crippen molar-refractivity contribution in [3.05, 3.63) is 29.6 Å². The molecule has 0 heterocycles. The molecule has 1 aromatic rings. The van der Waals surface area contributed by atoms with Gasteiger partial charge >= 0.3 is 0 Å². The molecule has 17 heavy (non-hydrogen) atoms. The van der Waals surface area contributed by atoms with Gasteiger partial charge in [0.2, 0.25) is 5.91 Å². The molecule has 0 spiro atoms. The van der Waals surface area contributed by atoms with Crippen LogP contribution in [0.5, 0.6) is 5.75 Å². The summed E-state index contributed by atoms with van der Waals surface area (Å²) in [4.78, 5) is 11.0. The van der Waals surface area contributed by atoms with Crippen LogP contribution >= 0.6 is 0 Å². The second kappa shape index (κ2) is 6.20. The highest BCUT2D eigenvalue weighted by atomic mass is 19.1. The van der Waals surface area contributed by atoms with Gasteiger partial charge in [0.25, 0.3) is 0 Å². The van der Waals surface area contributed by atoms with Crippen molar-refractivity contribution in [1.82, 2.24) is 5.32 Å². The zero-order valence-corrected chi connectivity index (χ0v) is 9.87. The summed E-state index contributed by atoms with van der Waals surface area (Å²) in [6, 6.07) is 3.93. The molecule has 0 aliphatic heterocycles. The number of halogens is 1. The molecule has 0 unspecified atom stereocenters. The lowest BCUT2D eigenvalue weighted by molar-refractivity contribution is -0.121. The summed E-state index contributed by atoms with van der Waals surface area (Å²) < 4.78 is 18.3. The van der Waals surface area contributed by atoms with E-state index in [2.05, 4.69) is 5.32 Å². The van der Waals surface area contributed by atoms with Crippen LogP contribution < -0.4 is 10.1 Å². The molecule has 0 aliphatic carbocycles. The quantitative estimate of drug-likeness (QED) is 0.819.